The topological polar surface area (TPSA) is 644 Å². The smallest absolute Gasteiger partial charge is 0.373 e. The number of benzene rings is 5. The molecule has 1 fully saturated rings. The minimum absolute atomic E-state index is 0.00176. The molecule has 4 aromatic carbocycles. The Morgan fingerprint density at radius 2 is 0.948 bits per heavy atom. The Kier molecular flexibility index (Phi) is 49.2. The number of thiol groups is 1. The molecular weight excluding hydrogens is 1820 g/mol. The highest BCUT2D eigenvalue weighted by atomic mass is 32.2. The van der Waals surface area contributed by atoms with Crippen molar-refractivity contribution < 1.29 is 173 Å². The summed E-state index contributed by atoms with van der Waals surface area (Å²) in [5.41, 5.74) is 1.34. The van der Waals surface area contributed by atoms with E-state index in [9.17, 15) is 125 Å². The van der Waals surface area contributed by atoms with Crippen LogP contribution in [0.4, 0.5) is 24.1 Å². The number of anilines is 1. The van der Waals surface area contributed by atoms with Gasteiger partial charge in [-0.15, -0.1) is 11.8 Å². The number of rotatable bonds is 62. The number of halogens is 2. The first-order valence-corrected chi connectivity index (χ1v) is 43.2. The number of phenols is 1. The molecule has 2 heterocycles. The Balaban J connectivity index is 0.000000514. The molecule has 9 atom stereocenters. The number of carbonyl (C=O) groups excluding carboxylic acids is 14. The van der Waals surface area contributed by atoms with Crippen LogP contribution in [0.2, 0.25) is 0 Å². The molecule has 1 unspecified atom stereocenters. The average molecular weight is 1920 g/mol. The molecule has 0 bridgehead atoms. The highest BCUT2D eigenvalue weighted by Gasteiger charge is 2.42. The number of nitrogens with one attached hydrogen (secondary N) is 6. The van der Waals surface area contributed by atoms with Crippen molar-refractivity contribution in [2.45, 2.75) is 164 Å². The summed E-state index contributed by atoms with van der Waals surface area (Å²) in [5, 5.41) is 78.4. The van der Waals surface area contributed by atoms with Gasteiger partial charge in [0.05, 0.1) is 63.4 Å². The van der Waals surface area contributed by atoms with Crippen LogP contribution in [-0.4, -0.2) is 256 Å². The minimum Gasteiger partial charge on any atom is -0.505 e. The molecular formula is C88H101F2N7O35S2. The van der Waals surface area contributed by atoms with E-state index in [-0.39, 0.29) is 243 Å². The van der Waals surface area contributed by atoms with Gasteiger partial charge in [0, 0.05) is 136 Å². The predicted molar refractivity (Wildman–Crippen MR) is 465 cm³/mol. The molecule has 0 radical (unpaired) electrons. The Labute approximate surface area is 771 Å². The second-order valence-electron chi connectivity index (χ2n) is 29.7. The SMILES string of the molecule is O=C=O.O=CO[C@H](CCC(=O)O)NC(=O)N[C@@H](CCC(=O)CCCOCCOCCC(=O)C[C@@H](Cc1ccccc1)C(=O)N[C@@H](CS)C(=O)O)C(=O)O.O=CO[C@H](CCC(=O)O)NC(=O)N[C@@H](CCC(=O)CCCOCCOCCC(=O)C[C@@H](Cc1ccccc1)C(=O)N[C@@H](CSC1CC(=O)N(c2ccc(-c3c4cc(F)c(=O)cc-4oc4cc(O)c(F)cc34)cc2)C1=O)C(=O)O)C(=O)O. The number of phenolic OH excluding ortho intramolecular Hbond substituents is 1. The second kappa shape index (κ2) is 59.6. The lowest BCUT2D eigenvalue weighted by atomic mass is 9.92. The molecule has 134 heavy (non-hydrogen) atoms. The van der Waals surface area contributed by atoms with Gasteiger partial charge in [0.1, 0.15) is 58.6 Å². The molecule has 7 rings (SSSR count). The second-order valence-corrected chi connectivity index (χ2v) is 31.3. The molecule has 1 aliphatic carbocycles. The number of Topliss-reactive ketones (excluding diaryl/α,β-unsaturated/α-hetero) is 4. The third-order valence-electron chi connectivity index (χ3n) is 19.8. The minimum atomic E-state index is -1.54. The number of ketones is 4. The molecule has 46 heteroatoms. The fraction of sp³-hybridized carbons (Fsp3) is 0.432. The number of nitrogens with zero attached hydrogens (tertiary/aromatic N) is 1. The number of amides is 8. The Bertz CT molecular complexity index is 5090. The first-order chi connectivity index (χ1) is 64.0. The van der Waals surface area contributed by atoms with Crippen molar-refractivity contribution in [2.75, 3.05) is 69.3 Å². The normalized spacial score (nSPS) is 13.8. The van der Waals surface area contributed by atoms with Crippen LogP contribution >= 0.6 is 24.4 Å². The number of carbonyl (C=O) groups is 18. The Hall–Kier alpha value is -13.8. The van der Waals surface area contributed by atoms with Crippen LogP contribution in [0.1, 0.15) is 120 Å². The number of imide groups is 1. The van der Waals surface area contributed by atoms with Gasteiger partial charge in [-0.25, -0.2) is 42.4 Å². The van der Waals surface area contributed by atoms with Crippen LogP contribution in [0.25, 0.3) is 33.4 Å². The van der Waals surface area contributed by atoms with Gasteiger partial charge in [-0.2, -0.15) is 22.2 Å². The van der Waals surface area contributed by atoms with Gasteiger partial charge in [-0.1, -0.05) is 72.8 Å². The van der Waals surface area contributed by atoms with Gasteiger partial charge < -0.3 is 100 Å². The van der Waals surface area contributed by atoms with E-state index < -0.39 is 161 Å². The van der Waals surface area contributed by atoms with Gasteiger partial charge in [0.2, 0.25) is 29.1 Å². The van der Waals surface area contributed by atoms with Crippen molar-refractivity contribution in [3.8, 4) is 28.2 Å². The molecule has 1 saturated heterocycles. The van der Waals surface area contributed by atoms with Crippen LogP contribution in [0.15, 0.2) is 118 Å². The lowest BCUT2D eigenvalue weighted by molar-refractivity contribution is -0.192. The van der Waals surface area contributed by atoms with Gasteiger partial charge in [-0.3, -0.25) is 62.3 Å². The highest BCUT2D eigenvalue weighted by molar-refractivity contribution is 8.00. The predicted octanol–water partition coefficient (Wildman–Crippen LogP) is 5.36. The van der Waals surface area contributed by atoms with Crippen LogP contribution in [0.3, 0.4) is 0 Å². The largest absolute Gasteiger partial charge is 0.505 e. The molecule has 4 aromatic rings. The average Bonchev–Trinajstić information content (AvgIpc) is 0.777. The van der Waals surface area contributed by atoms with E-state index in [1.54, 1.807) is 42.5 Å². The van der Waals surface area contributed by atoms with E-state index in [2.05, 4.69) is 54.0 Å². The summed E-state index contributed by atoms with van der Waals surface area (Å²) in [6.07, 6.45) is -4.20. The summed E-state index contributed by atoms with van der Waals surface area (Å²) in [4.78, 5) is 248. The van der Waals surface area contributed by atoms with Gasteiger partial charge in [0.15, 0.2) is 29.8 Å². The molecule has 0 saturated carbocycles. The number of thioether (sulfide) groups is 1. The monoisotopic (exact) mass is 1920 g/mol. The summed E-state index contributed by atoms with van der Waals surface area (Å²) < 4.78 is 66.0. The molecule has 0 aromatic heterocycles. The molecule has 0 spiro atoms. The van der Waals surface area contributed by atoms with Gasteiger partial charge in [-0.05, 0) is 79.5 Å². The van der Waals surface area contributed by atoms with E-state index >= 15 is 0 Å². The highest BCUT2D eigenvalue weighted by Crippen LogP contribution is 2.43. The summed E-state index contributed by atoms with van der Waals surface area (Å²) in [5.74, 6) is -16.7. The summed E-state index contributed by atoms with van der Waals surface area (Å²) in [6.45, 7) is 0.933. The molecule has 8 amide bonds. The van der Waals surface area contributed by atoms with Crippen molar-refractivity contribution in [3.05, 3.63) is 142 Å². The molecule has 13 N–H and O–H groups in total. The van der Waals surface area contributed by atoms with Crippen molar-refractivity contribution in [1.82, 2.24) is 31.9 Å². The first-order valence-electron chi connectivity index (χ1n) is 41.5. The number of ether oxygens (including phenoxy) is 6. The fourth-order valence-electron chi connectivity index (χ4n) is 13.0. The van der Waals surface area contributed by atoms with Gasteiger partial charge in [0.25, 0.3) is 12.9 Å². The zero-order valence-electron chi connectivity index (χ0n) is 71.9. The lowest BCUT2D eigenvalue weighted by Gasteiger charge is -2.21. The zero-order valence-corrected chi connectivity index (χ0v) is 73.6. The van der Waals surface area contributed by atoms with Crippen LogP contribution in [0.5, 0.6) is 5.75 Å². The summed E-state index contributed by atoms with van der Waals surface area (Å²) >= 11 is 4.81. The standard InChI is InChI=1S/C55H56F2N4O19S.C32H45N3O14S.CO2/c56-38-23-36-44(25-42(38)65)80-45-26-43(66)39(57)24-37(45)50(36)31-8-10-33(11-9-31)61-48(67)27-46(52(61)71)81-28-41(54(74)75)58-51(70)32(21-30-5-2-1-3-6-30)22-35(64)16-18-78-20-19-77-17-4-7-34(63)12-13-40(53(72)73)59-55(76)60-47(79-29-62)14-15-49(68)69;36-20-49-27(10-11-28(39)40)35-32(46)34-25(30(42)43)9-8-23(37)7-4-13-47-15-16-48-14-12-24(38)18-22(17-21-5-2-1-3-6-21)29(41)33-26(19-50)31(44)45;2-1-3/h1-3,5-6,8-11,23-26,29,32,40-41,46-47,65H,4,7,12-22,27-28H2,(H,58,70)(H,68,69)(H,72,73)(H,74,75)(H2,59,60,76);1-3,5-6,20,22,25-27,50H,4,7-19H2,(H,33,41)(H,39,40)(H,42,43)(H,44,45)(H2,34,35,46);/t32-,40+,41+,46?,47-;22-,25+,26+,27-;/m11./s1. The van der Waals surface area contributed by atoms with Gasteiger partial charge >= 0.3 is 54.0 Å². The molecule has 3 aliphatic rings. The van der Waals surface area contributed by atoms with E-state index in [1.807, 2.05) is 18.2 Å². The maximum Gasteiger partial charge on any atom is 0.373 e. The maximum absolute atomic E-state index is 14.6. The number of carboxylic acids is 6. The Morgan fingerprint density at radius 3 is 1.37 bits per heavy atom. The van der Waals surface area contributed by atoms with Crippen molar-refractivity contribution in [2.24, 2.45) is 11.8 Å². The van der Waals surface area contributed by atoms with E-state index in [0.29, 0.717) is 17.5 Å². The number of urea groups is 2. The van der Waals surface area contributed by atoms with Crippen LogP contribution < -0.4 is 42.2 Å². The number of aliphatic carboxylic acids is 6. The molecule has 42 nitrogen and oxygen atoms in total. The summed E-state index contributed by atoms with van der Waals surface area (Å²) in [6, 6.07) is 19.7. The van der Waals surface area contributed by atoms with Crippen molar-refractivity contribution in [1.29, 1.82) is 0 Å². The fourth-order valence-corrected chi connectivity index (χ4v) is 14.4. The number of carboxylic acid groups (broad SMARTS) is 6. The third kappa shape index (κ3) is 40.1. The zero-order chi connectivity index (χ0) is 98.8. The number of hydrogen-bond donors (Lipinski definition) is 14. The van der Waals surface area contributed by atoms with E-state index in [1.165, 1.54) is 24.3 Å². The number of hydrogen-bond acceptors (Lipinski definition) is 31. The quantitative estimate of drug-likeness (QED) is 0.00570. The Morgan fingerprint density at radius 1 is 0.507 bits per heavy atom. The molecule has 724 valence electrons. The number of aromatic hydroxyl groups is 1. The first kappa shape index (κ1) is 111. The maximum atomic E-state index is 14.6. The van der Waals surface area contributed by atoms with E-state index in [4.69, 9.17) is 43.2 Å². The summed E-state index contributed by atoms with van der Waals surface area (Å²) in [7, 11) is 0. The third-order valence-corrected chi connectivity index (χ3v) is 21.4. The number of fused-ring (bicyclic) bond motifs is 2. The van der Waals surface area contributed by atoms with Crippen molar-refractivity contribution in [3.63, 3.8) is 0 Å². The van der Waals surface area contributed by atoms with Crippen molar-refractivity contribution >= 4 is 155 Å². The molecule has 2 aliphatic heterocycles. The lowest BCUT2D eigenvalue weighted by Crippen LogP contribution is -2.49. The van der Waals surface area contributed by atoms with Crippen LogP contribution in [-0.2, 0) is 128 Å². The van der Waals surface area contributed by atoms with E-state index in [0.717, 1.165) is 46.5 Å². The van der Waals surface area contributed by atoms with Crippen LogP contribution in [0, 0.1) is 23.5 Å².